The number of aromatic nitrogens is 2. The molecular formula is C11H22N4O3S. The van der Waals surface area contributed by atoms with E-state index in [4.69, 9.17) is 4.74 Å². The fraction of sp³-hybridized carbons (Fsp3) is 0.727. The van der Waals surface area contributed by atoms with Crippen LogP contribution in [0.2, 0.25) is 0 Å². The van der Waals surface area contributed by atoms with Crippen LogP contribution in [0.25, 0.3) is 0 Å². The van der Waals surface area contributed by atoms with Crippen LogP contribution >= 0.6 is 0 Å². The third-order valence-corrected chi connectivity index (χ3v) is 3.85. The molecule has 0 bridgehead atoms. The van der Waals surface area contributed by atoms with Crippen LogP contribution in [-0.2, 0) is 21.3 Å². The van der Waals surface area contributed by atoms with E-state index in [1.54, 1.807) is 4.68 Å². The molecule has 8 heteroatoms. The van der Waals surface area contributed by atoms with Crippen molar-refractivity contribution in [3.05, 3.63) is 12.4 Å². The Hall–Kier alpha value is -0.960. The molecule has 0 aromatic carbocycles. The summed E-state index contributed by atoms with van der Waals surface area (Å²) in [6, 6.07) is 0. The smallest absolute Gasteiger partial charge is 0.243 e. The molecule has 110 valence electrons. The lowest BCUT2D eigenvalue weighted by Gasteiger charge is -2.04. The SMILES string of the molecule is CCNCCn1cc(S(=O)(=O)NCCOCC)cn1. The van der Waals surface area contributed by atoms with E-state index in [0.29, 0.717) is 19.8 Å². The highest BCUT2D eigenvalue weighted by molar-refractivity contribution is 7.89. The zero-order valence-corrected chi connectivity index (χ0v) is 12.2. The first-order valence-corrected chi connectivity index (χ1v) is 7.89. The number of hydrogen-bond acceptors (Lipinski definition) is 5. The van der Waals surface area contributed by atoms with E-state index in [1.807, 2.05) is 13.8 Å². The first-order chi connectivity index (χ1) is 9.10. The Morgan fingerprint density at radius 2 is 2.16 bits per heavy atom. The van der Waals surface area contributed by atoms with Gasteiger partial charge in [-0.05, 0) is 13.5 Å². The Labute approximate surface area is 114 Å². The molecule has 0 unspecified atom stereocenters. The minimum Gasteiger partial charge on any atom is -0.380 e. The van der Waals surface area contributed by atoms with Gasteiger partial charge in [0.15, 0.2) is 0 Å². The highest BCUT2D eigenvalue weighted by Crippen LogP contribution is 2.06. The van der Waals surface area contributed by atoms with Crippen LogP contribution in [0, 0.1) is 0 Å². The lowest BCUT2D eigenvalue weighted by atomic mass is 10.6. The van der Waals surface area contributed by atoms with Gasteiger partial charge in [-0.1, -0.05) is 6.92 Å². The number of nitrogens with one attached hydrogen (secondary N) is 2. The summed E-state index contributed by atoms with van der Waals surface area (Å²) in [6.45, 7) is 7.36. The van der Waals surface area contributed by atoms with Crippen LogP contribution in [-0.4, -0.2) is 51.0 Å². The molecule has 0 spiro atoms. The minimum atomic E-state index is -3.48. The largest absolute Gasteiger partial charge is 0.380 e. The molecule has 1 aromatic rings. The number of ether oxygens (including phenoxy) is 1. The number of sulfonamides is 1. The topological polar surface area (TPSA) is 85.2 Å². The third kappa shape index (κ3) is 5.68. The number of nitrogens with zero attached hydrogens (tertiary/aromatic N) is 2. The van der Waals surface area contributed by atoms with Crippen LogP contribution in [0.1, 0.15) is 13.8 Å². The molecule has 1 rings (SSSR count). The zero-order chi connectivity index (χ0) is 14.1. The van der Waals surface area contributed by atoms with Gasteiger partial charge in [-0.15, -0.1) is 0 Å². The second-order valence-electron chi connectivity index (χ2n) is 3.89. The lowest BCUT2D eigenvalue weighted by Crippen LogP contribution is -2.27. The zero-order valence-electron chi connectivity index (χ0n) is 11.4. The van der Waals surface area contributed by atoms with Gasteiger partial charge >= 0.3 is 0 Å². The summed E-state index contributed by atoms with van der Waals surface area (Å²) in [5, 5.41) is 7.18. The summed E-state index contributed by atoms with van der Waals surface area (Å²) in [7, 11) is -3.48. The van der Waals surface area contributed by atoms with Crippen molar-refractivity contribution < 1.29 is 13.2 Å². The Balaban J connectivity index is 2.49. The van der Waals surface area contributed by atoms with Crippen molar-refractivity contribution in [3.8, 4) is 0 Å². The molecule has 0 radical (unpaired) electrons. The molecule has 0 atom stereocenters. The second-order valence-corrected chi connectivity index (χ2v) is 5.65. The van der Waals surface area contributed by atoms with Gasteiger partial charge in [0.25, 0.3) is 0 Å². The highest BCUT2D eigenvalue weighted by Gasteiger charge is 2.15. The first kappa shape index (κ1) is 16.1. The Kier molecular flexibility index (Phi) is 7.00. The maximum absolute atomic E-state index is 11.9. The molecule has 1 aromatic heterocycles. The quantitative estimate of drug-likeness (QED) is 0.583. The van der Waals surface area contributed by atoms with E-state index in [1.165, 1.54) is 12.4 Å². The van der Waals surface area contributed by atoms with E-state index in [2.05, 4.69) is 15.1 Å². The summed E-state index contributed by atoms with van der Waals surface area (Å²) in [4.78, 5) is 0.181. The van der Waals surface area contributed by atoms with Crippen LogP contribution in [0.15, 0.2) is 17.3 Å². The fourth-order valence-corrected chi connectivity index (χ4v) is 2.42. The summed E-state index contributed by atoms with van der Waals surface area (Å²) < 4.78 is 33.0. The van der Waals surface area contributed by atoms with Crippen molar-refractivity contribution in [2.24, 2.45) is 0 Å². The fourth-order valence-electron chi connectivity index (χ4n) is 1.45. The van der Waals surface area contributed by atoms with Crippen LogP contribution in [0.4, 0.5) is 0 Å². The standard InChI is InChI=1S/C11H22N4O3S/c1-3-12-5-7-15-10-11(9-13-15)19(16,17)14-6-8-18-4-2/h9-10,12,14H,3-8H2,1-2H3. The minimum absolute atomic E-state index is 0.181. The van der Waals surface area contributed by atoms with Gasteiger partial charge in [-0.25, -0.2) is 13.1 Å². The monoisotopic (exact) mass is 290 g/mol. The molecule has 0 saturated carbocycles. The van der Waals surface area contributed by atoms with Crippen molar-refractivity contribution in [2.45, 2.75) is 25.3 Å². The van der Waals surface area contributed by atoms with Gasteiger partial charge in [0, 0.05) is 25.9 Å². The van der Waals surface area contributed by atoms with Gasteiger partial charge in [-0.3, -0.25) is 4.68 Å². The molecule has 0 aliphatic carbocycles. The average molecular weight is 290 g/mol. The van der Waals surface area contributed by atoms with Gasteiger partial charge < -0.3 is 10.1 Å². The van der Waals surface area contributed by atoms with Gasteiger partial charge in [0.1, 0.15) is 4.90 Å². The summed E-state index contributed by atoms with van der Waals surface area (Å²) in [6.07, 6.45) is 2.88. The molecule has 0 aliphatic rings. The molecular weight excluding hydrogens is 268 g/mol. The number of rotatable bonds is 10. The van der Waals surface area contributed by atoms with Crippen molar-refractivity contribution in [1.29, 1.82) is 0 Å². The van der Waals surface area contributed by atoms with Gasteiger partial charge in [0.05, 0.1) is 19.3 Å². The van der Waals surface area contributed by atoms with Crippen molar-refractivity contribution >= 4 is 10.0 Å². The summed E-state index contributed by atoms with van der Waals surface area (Å²) in [5.74, 6) is 0. The number of hydrogen-bond donors (Lipinski definition) is 2. The van der Waals surface area contributed by atoms with E-state index in [-0.39, 0.29) is 11.4 Å². The Morgan fingerprint density at radius 3 is 2.84 bits per heavy atom. The molecule has 19 heavy (non-hydrogen) atoms. The molecule has 0 saturated heterocycles. The Morgan fingerprint density at radius 1 is 1.37 bits per heavy atom. The normalized spacial score (nSPS) is 11.9. The molecule has 7 nitrogen and oxygen atoms in total. The maximum Gasteiger partial charge on any atom is 0.243 e. The second kappa shape index (κ2) is 8.26. The van der Waals surface area contributed by atoms with E-state index in [0.717, 1.165) is 13.1 Å². The average Bonchev–Trinajstić information content (AvgIpc) is 2.85. The van der Waals surface area contributed by atoms with E-state index < -0.39 is 10.0 Å². The molecule has 2 N–H and O–H groups in total. The lowest BCUT2D eigenvalue weighted by molar-refractivity contribution is 0.153. The van der Waals surface area contributed by atoms with Crippen molar-refractivity contribution in [2.75, 3.05) is 32.8 Å². The van der Waals surface area contributed by atoms with Crippen molar-refractivity contribution in [3.63, 3.8) is 0 Å². The van der Waals surface area contributed by atoms with E-state index in [9.17, 15) is 8.42 Å². The Bertz CT molecular complexity index is 458. The predicted molar refractivity (Wildman–Crippen MR) is 72.5 cm³/mol. The van der Waals surface area contributed by atoms with Gasteiger partial charge in [-0.2, -0.15) is 5.10 Å². The molecule has 1 heterocycles. The summed E-state index contributed by atoms with van der Waals surface area (Å²) in [5.41, 5.74) is 0. The van der Waals surface area contributed by atoms with Crippen LogP contribution in [0.3, 0.4) is 0 Å². The van der Waals surface area contributed by atoms with Gasteiger partial charge in [0.2, 0.25) is 10.0 Å². The highest BCUT2D eigenvalue weighted by atomic mass is 32.2. The number of likely N-dealkylation sites (N-methyl/N-ethyl adjacent to an activating group) is 1. The van der Waals surface area contributed by atoms with Crippen LogP contribution < -0.4 is 10.0 Å². The molecule has 0 aliphatic heterocycles. The predicted octanol–water partition coefficient (Wildman–Crippen LogP) is -0.193. The molecule has 0 amide bonds. The molecule has 0 fully saturated rings. The first-order valence-electron chi connectivity index (χ1n) is 6.40. The summed E-state index contributed by atoms with van der Waals surface area (Å²) >= 11 is 0. The van der Waals surface area contributed by atoms with Crippen LogP contribution in [0.5, 0.6) is 0 Å². The van der Waals surface area contributed by atoms with Crippen molar-refractivity contribution in [1.82, 2.24) is 19.8 Å². The third-order valence-electron chi connectivity index (χ3n) is 2.43. The maximum atomic E-state index is 11.9. The van der Waals surface area contributed by atoms with E-state index >= 15 is 0 Å².